The van der Waals surface area contributed by atoms with Gasteiger partial charge in [-0.1, -0.05) is 5.16 Å². The molecule has 1 atom stereocenters. The molecule has 7 nitrogen and oxygen atoms in total. The number of amides is 1. The summed E-state index contributed by atoms with van der Waals surface area (Å²) in [6.07, 6.45) is 6.72. The van der Waals surface area contributed by atoms with Crippen LogP contribution in [0, 0.1) is 0 Å². The lowest BCUT2D eigenvalue weighted by molar-refractivity contribution is -0.136. The fourth-order valence-electron chi connectivity index (χ4n) is 2.74. The quantitative estimate of drug-likeness (QED) is 0.902. The van der Waals surface area contributed by atoms with E-state index >= 15 is 0 Å². The normalized spacial score (nSPS) is 18.6. The second-order valence-corrected chi connectivity index (χ2v) is 5.44. The molecule has 1 aliphatic rings. The number of piperidine rings is 1. The van der Waals surface area contributed by atoms with Gasteiger partial charge in [0.15, 0.2) is 0 Å². The van der Waals surface area contributed by atoms with Crippen molar-refractivity contribution in [2.75, 3.05) is 13.2 Å². The number of aliphatic hydroxyl groups is 1. The van der Waals surface area contributed by atoms with E-state index in [0.717, 1.165) is 24.8 Å². The van der Waals surface area contributed by atoms with Crippen LogP contribution in [0.4, 0.5) is 0 Å². The number of aliphatic hydroxyl groups excluding tert-OH is 1. The van der Waals surface area contributed by atoms with Crippen molar-refractivity contribution in [3.05, 3.63) is 24.5 Å². The van der Waals surface area contributed by atoms with Crippen molar-refractivity contribution < 1.29 is 18.8 Å². The predicted octanol–water partition coefficient (Wildman–Crippen LogP) is 1.64. The number of hydrogen-bond donors (Lipinski definition) is 1. The third kappa shape index (κ3) is 3.19. The molecule has 1 saturated heterocycles. The maximum absolute atomic E-state index is 12.3. The first-order valence-corrected chi connectivity index (χ1v) is 7.53. The first-order valence-electron chi connectivity index (χ1n) is 7.53. The highest BCUT2D eigenvalue weighted by atomic mass is 16.5. The van der Waals surface area contributed by atoms with Gasteiger partial charge in [0.2, 0.25) is 17.6 Å². The fourth-order valence-corrected chi connectivity index (χ4v) is 2.74. The maximum atomic E-state index is 12.3. The number of aromatic nitrogens is 2. The van der Waals surface area contributed by atoms with Crippen LogP contribution in [0.5, 0.6) is 0 Å². The largest absolute Gasteiger partial charge is 0.472 e. The Hall–Kier alpha value is -2.15. The van der Waals surface area contributed by atoms with Gasteiger partial charge in [-0.2, -0.15) is 4.98 Å². The van der Waals surface area contributed by atoms with Crippen molar-refractivity contribution in [2.24, 2.45) is 0 Å². The Morgan fingerprint density at radius 1 is 1.45 bits per heavy atom. The summed E-state index contributed by atoms with van der Waals surface area (Å²) >= 11 is 0. The summed E-state index contributed by atoms with van der Waals surface area (Å²) in [5.41, 5.74) is 0.748. The summed E-state index contributed by atoms with van der Waals surface area (Å²) in [5, 5.41) is 13.2. The van der Waals surface area contributed by atoms with Gasteiger partial charge in [-0.3, -0.25) is 4.79 Å². The minimum absolute atomic E-state index is 0.0247. The molecule has 2 aromatic rings. The molecule has 0 spiro atoms. The van der Waals surface area contributed by atoms with Crippen LogP contribution in [0.15, 0.2) is 27.5 Å². The average Bonchev–Trinajstić information content (AvgIpc) is 3.23. The topological polar surface area (TPSA) is 92.6 Å². The Kier molecular flexibility index (Phi) is 4.53. The van der Waals surface area contributed by atoms with Crippen molar-refractivity contribution in [3.8, 4) is 11.4 Å². The van der Waals surface area contributed by atoms with E-state index in [-0.39, 0.29) is 18.6 Å². The summed E-state index contributed by atoms with van der Waals surface area (Å²) in [7, 11) is 0. The third-order valence-corrected chi connectivity index (χ3v) is 3.96. The van der Waals surface area contributed by atoms with Gasteiger partial charge in [-0.15, -0.1) is 0 Å². The van der Waals surface area contributed by atoms with Crippen LogP contribution in [0.25, 0.3) is 11.4 Å². The molecule has 2 aromatic heterocycles. The summed E-state index contributed by atoms with van der Waals surface area (Å²) in [5.74, 6) is 0.923. The van der Waals surface area contributed by atoms with Crippen molar-refractivity contribution in [2.45, 2.75) is 38.1 Å². The molecule has 1 amide bonds. The molecule has 3 heterocycles. The highest BCUT2D eigenvalue weighted by Gasteiger charge is 2.26. The molecular weight excluding hydrogens is 286 g/mol. The molecule has 1 N–H and O–H groups in total. The van der Waals surface area contributed by atoms with E-state index in [2.05, 4.69) is 10.1 Å². The lowest BCUT2D eigenvalue weighted by Crippen LogP contribution is -2.45. The number of furan rings is 1. The SMILES string of the molecule is O=C(CCc1nc(-c2ccoc2)no1)N1CCCCC1CO. The zero-order chi connectivity index (χ0) is 15.4. The van der Waals surface area contributed by atoms with Gasteiger partial charge in [0.1, 0.15) is 6.26 Å². The molecule has 0 aromatic carbocycles. The van der Waals surface area contributed by atoms with Gasteiger partial charge >= 0.3 is 0 Å². The van der Waals surface area contributed by atoms with Crippen LogP contribution < -0.4 is 0 Å². The Morgan fingerprint density at radius 2 is 2.36 bits per heavy atom. The molecule has 7 heteroatoms. The third-order valence-electron chi connectivity index (χ3n) is 3.96. The summed E-state index contributed by atoms with van der Waals surface area (Å²) in [6, 6.07) is 1.70. The fraction of sp³-hybridized carbons (Fsp3) is 0.533. The van der Waals surface area contributed by atoms with Gasteiger partial charge in [0, 0.05) is 19.4 Å². The van der Waals surface area contributed by atoms with E-state index in [1.54, 1.807) is 23.5 Å². The van der Waals surface area contributed by atoms with Crippen LogP contribution in [-0.2, 0) is 11.2 Å². The molecule has 22 heavy (non-hydrogen) atoms. The summed E-state index contributed by atoms with van der Waals surface area (Å²) in [4.78, 5) is 18.3. The highest BCUT2D eigenvalue weighted by molar-refractivity contribution is 5.76. The van der Waals surface area contributed by atoms with Crippen LogP contribution >= 0.6 is 0 Å². The van der Waals surface area contributed by atoms with Crippen molar-refractivity contribution in [1.82, 2.24) is 15.0 Å². The van der Waals surface area contributed by atoms with E-state index in [4.69, 9.17) is 8.94 Å². The van der Waals surface area contributed by atoms with E-state index in [0.29, 0.717) is 31.1 Å². The lowest BCUT2D eigenvalue weighted by atomic mass is 10.0. The van der Waals surface area contributed by atoms with Crippen LogP contribution in [0.1, 0.15) is 31.6 Å². The first kappa shape index (κ1) is 14.8. The smallest absolute Gasteiger partial charge is 0.227 e. The number of hydrogen-bond acceptors (Lipinski definition) is 6. The Balaban J connectivity index is 1.57. The van der Waals surface area contributed by atoms with Gasteiger partial charge in [-0.05, 0) is 25.3 Å². The molecule has 0 saturated carbocycles. The Labute approximate surface area is 127 Å². The Morgan fingerprint density at radius 3 is 3.14 bits per heavy atom. The van der Waals surface area contributed by atoms with E-state index in [9.17, 15) is 9.90 Å². The summed E-state index contributed by atoms with van der Waals surface area (Å²) in [6.45, 7) is 0.741. The van der Waals surface area contributed by atoms with E-state index in [1.165, 1.54) is 0 Å². The zero-order valence-corrected chi connectivity index (χ0v) is 12.3. The van der Waals surface area contributed by atoms with Gasteiger partial charge < -0.3 is 18.9 Å². The van der Waals surface area contributed by atoms with Crippen LogP contribution in [-0.4, -0.2) is 45.2 Å². The zero-order valence-electron chi connectivity index (χ0n) is 12.3. The van der Waals surface area contributed by atoms with Crippen LogP contribution in [0.3, 0.4) is 0 Å². The molecule has 1 aliphatic heterocycles. The molecule has 1 fully saturated rings. The van der Waals surface area contributed by atoms with Gasteiger partial charge in [0.25, 0.3) is 0 Å². The Bertz CT molecular complexity index is 608. The number of carbonyl (C=O) groups excluding carboxylic acids is 1. The average molecular weight is 305 g/mol. The molecule has 118 valence electrons. The minimum atomic E-state index is -0.0505. The number of likely N-dealkylation sites (tertiary alicyclic amines) is 1. The number of carbonyl (C=O) groups is 1. The monoisotopic (exact) mass is 305 g/mol. The van der Waals surface area contributed by atoms with Crippen molar-refractivity contribution in [1.29, 1.82) is 0 Å². The standard InChI is InChI=1S/C15H19N3O4/c19-9-12-3-1-2-7-18(12)14(20)5-4-13-16-15(17-22-13)11-6-8-21-10-11/h6,8,10,12,19H,1-5,7,9H2. The van der Waals surface area contributed by atoms with Crippen molar-refractivity contribution in [3.63, 3.8) is 0 Å². The molecule has 0 aliphatic carbocycles. The molecule has 1 unspecified atom stereocenters. The minimum Gasteiger partial charge on any atom is -0.472 e. The number of rotatable bonds is 5. The van der Waals surface area contributed by atoms with Crippen molar-refractivity contribution >= 4 is 5.91 Å². The molecule has 0 radical (unpaired) electrons. The summed E-state index contributed by atoms with van der Waals surface area (Å²) < 4.78 is 10.1. The van der Waals surface area contributed by atoms with E-state index in [1.807, 2.05) is 0 Å². The van der Waals surface area contributed by atoms with Crippen LogP contribution in [0.2, 0.25) is 0 Å². The maximum Gasteiger partial charge on any atom is 0.227 e. The number of nitrogens with zero attached hydrogens (tertiary/aromatic N) is 3. The second kappa shape index (κ2) is 6.74. The van der Waals surface area contributed by atoms with Gasteiger partial charge in [-0.25, -0.2) is 0 Å². The molecule has 3 rings (SSSR count). The second-order valence-electron chi connectivity index (χ2n) is 5.44. The number of aryl methyl sites for hydroxylation is 1. The molecular formula is C15H19N3O4. The van der Waals surface area contributed by atoms with Gasteiger partial charge in [0.05, 0.1) is 24.5 Å². The highest BCUT2D eigenvalue weighted by Crippen LogP contribution is 2.19. The van der Waals surface area contributed by atoms with E-state index < -0.39 is 0 Å². The lowest BCUT2D eigenvalue weighted by Gasteiger charge is -2.34. The first-order chi connectivity index (χ1) is 10.8. The molecule has 0 bridgehead atoms. The predicted molar refractivity (Wildman–Crippen MR) is 76.8 cm³/mol.